The van der Waals surface area contributed by atoms with Crippen LogP contribution in [0, 0.1) is 0 Å². The molecule has 0 aliphatic heterocycles. The summed E-state index contributed by atoms with van der Waals surface area (Å²) in [6.45, 7) is 13.7. The Balaban J connectivity index is 1.06. The molecule has 0 aliphatic rings. The number of aromatic nitrogens is 6. The zero-order chi connectivity index (χ0) is 52.2. The molecule has 0 radical (unpaired) electrons. The first-order chi connectivity index (χ1) is 37.5. The minimum atomic E-state index is -0.0170. The van der Waals surface area contributed by atoms with E-state index in [-0.39, 0.29) is 10.8 Å². The van der Waals surface area contributed by atoms with Gasteiger partial charge in [0.2, 0.25) is 5.95 Å². The Morgan fingerprint density at radius 3 is 1.06 bits per heavy atom. The highest BCUT2D eigenvalue weighted by Crippen LogP contribution is 2.42. The molecule has 0 unspecified atom stereocenters. The van der Waals surface area contributed by atoms with E-state index >= 15 is 0 Å². The van der Waals surface area contributed by atoms with Gasteiger partial charge in [0.05, 0.1) is 44.5 Å². The Labute approximate surface area is 448 Å². The Morgan fingerprint density at radius 1 is 0.273 bits per heavy atom. The maximum absolute atomic E-state index is 5.66. The minimum absolute atomic E-state index is 0.0170. The molecular weight excluding hydrogens is 937 g/mol. The number of benzene rings is 10. The molecule has 0 spiro atoms. The van der Waals surface area contributed by atoms with Gasteiger partial charge in [0, 0.05) is 43.4 Å². The van der Waals surface area contributed by atoms with E-state index in [0.717, 1.165) is 88.6 Å². The molecule has 0 fully saturated rings. The molecule has 14 aromatic rings. The van der Waals surface area contributed by atoms with Gasteiger partial charge in [0.25, 0.3) is 0 Å². The van der Waals surface area contributed by atoms with E-state index in [1.54, 1.807) is 0 Å². The van der Waals surface area contributed by atoms with Crippen LogP contribution >= 0.6 is 0 Å². The molecule has 0 bridgehead atoms. The Bertz CT molecular complexity index is 4350. The van der Waals surface area contributed by atoms with Crippen molar-refractivity contribution in [3.63, 3.8) is 0 Å². The van der Waals surface area contributed by atoms with Crippen molar-refractivity contribution in [2.24, 2.45) is 0 Å². The first-order valence-corrected chi connectivity index (χ1v) is 26.7. The van der Waals surface area contributed by atoms with E-state index in [2.05, 4.69) is 286 Å². The molecule has 0 N–H and O–H groups in total. The van der Waals surface area contributed by atoms with Gasteiger partial charge in [-0.25, -0.2) is 4.98 Å². The third-order valence-corrected chi connectivity index (χ3v) is 15.7. The van der Waals surface area contributed by atoms with Crippen molar-refractivity contribution in [2.45, 2.75) is 52.4 Å². The number of nitrogens with zero attached hydrogens (tertiary/aromatic N) is 6. The molecule has 0 amide bonds. The van der Waals surface area contributed by atoms with Gasteiger partial charge in [0.15, 0.2) is 11.6 Å². The smallest absolute Gasteiger partial charge is 0.238 e. The lowest BCUT2D eigenvalue weighted by atomic mass is 9.86. The number of para-hydroxylation sites is 4. The fraction of sp³-hybridized carbons (Fsp3) is 0.113. The topological polar surface area (TPSA) is 53.5 Å². The number of rotatable bonds is 7. The fourth-order valence-electron chi connectivity index (χ4n) is 11.7. The summed E-state index contributed by atoms with van der Waals surface area (Å²) in [5.74, 6) is 1.67. The minimum Gasteiger partial charge on any atom is -0.309 e. The van der Waals surface area contributed by atoms with E-state index < -0.39 is 0 Å². The third kappa shape index (κ3) is 7.65. The van der Waals surface area contributed by atoms with Gasteiger partial charge >= 0.3 is 0 Å². The summed E-state index contributed by atoms with van der Waals surface area (Å²) in [5, 5.41) is 7.05. The molecule has 0 atom stereocenters. The summed E-state index contributed by atoms with van der Waals surface area (Å²) < 4.78 is 7.03. The zero-order valence-electron chi connectivity index (χ0n) is 44.1. The molecule has 4 heterocycles. The summed E-state index contributed by atoms with van der Waals surface area (Å²) in [6, 6.07) is 83.4. The van der Waals surface area contributed by atoms with E-state index in [0.29, 0.717) is 17.6 Å². The predicted molar refractivity (Wildman–Crippen MR) is 322 cm³/mol. The van der Waals surface area contributed by atoms with E-state index in [4.69, 9.17) is 15.0 Å². The quantitative estimate of drug-likeness (QED) is 0.160. The molecular formula is C71H56N6. The van der Waals surface area contributed by atoms with Crippen molar-refractivity contribution in [2.75, 3.05) is 0 Å². The van der Waals surface area contributed by atoms with Crippen LogP contribution in [0.4, 0.5) is 0 Å². The first kappa shape index (κ1) is 46.2. The monoisotopic (exact) mass is 992 g/mol. The number of hydrogen-bond donors (Lipinski definition) is 0. The van der Waals surface area contributed by atoms with Gasteiger partial charge in [-0.15, -0.1) is 0 Å². The fourth-order valence-corrected chi connectivity index (χ4v) is 11.7. The summed E-state index contributed by atoms with van der Waals surface area (Å²) >= 11 is 0. The van der Waals surface area contributed by atoms with Crippen molar-refractivity contribution in [1.29, 1.82) is 0 Å². The average Bonchev–Trinajstić information content (AvgIpc) is 4.10. The molecule has 370 valence electrons. The Kier molecular flexibility index (Phi) is 10.6. The maximum Gasteiger partial charge on any atom is 0.238 e. The van der Waals surface area contributed by atoms with Crippen LogP contribution in [0.15, 0.2) is 231 Å². The molecule has 14 rings (SSSR count). The van der Waals surface area contributed by atoms with Crippen molar-refractivity contribution >= 4 is 65.4 Å². The highest BCUT2D eigenvalue weighted by atomic mass is 15.2. The predicted octanol–water partition coefficient (Wildman–Crippen LogP) is 18.4. The molecule has 77 heavy (non-hydrogen) atoms. The summed E-state index contributed by atoms with van der Waals surface area (Å²) in [4.78, 5) is 17.0. The summed E-state index contributed by atoms with van der Waals surface area (Å²) in [7, 11) is 0. The van der Waals surface area contributed by atoms with Crippen LogP contribution in [0.3, 0.4) is 0 Å². The Morgan fingerprint density at radius 2 is 0.623 bits per heavy atom. The highest BCUT2D eigenvalue weighted by Gasteiger charge is 2.26. The van der Waals surface area contributed by atoms with E-state index in [1.165, 1.54) is 32.7 Å². The van der Waals surface area contributed by atoms with E-state index in [1.807, 2.05) is 0 Å². The molecule has 0 aliphatic carbocycles. The van der Waals surface area contributed by atoms with Gasteiger partial charge in [-0.2, -0.15) is 9.97 Å². The second-order valence-corrected chi connectivity index (χ2v) is 22.5. The van der Waals surface area contributed by atoms with Crippen molar-refractivity contribution in [1.82, 2.24) is 28.7 Å². The van der Waals surface area contributed by atoms with Crippen LogP contribution in [0.25, 0.3) is 128 Å². The van der Waals surface area contributed by atoms with Crippen LogP contribution in [0.2, 0.25) is 0 Å². The standard InChI is InChI=1S/C71H56N6/c1-70(2,3)49-35-39-63-57(43-49)51-25-13-17-29-59(51)75(63)61-31-19-15-27-53(61)67-72-68(54-28-16-20-32-62(54)76-60-30-18-14-26-52(60)58-44-50(71(4,5)6)36-40-64(58)76)74-69(73-67)77-65-37-33-47(45-21-9-7-10-22-45)41-55(65)56-42-48(34-38-66(56)77)46-23-11-8-12-24-46/h7-44H,1-6H3. The second kappa shape index (κ2) is 17.6. The molecule has 6 nitrogen and oxygen atoms in total. The third-order valence-electron chi connectivity index (χ3n) is 15.7. The van der Waals surface area contributed by atoms with Crippen molar-refractivity contribution < 1.29 is 0 Å². The van der Waals surface area contributed by atoms with Gasteiger partial charge < -0.3 is 9.13 Å². The SMILES string of the molecule is CC(C)(C)c1ccc2c(c1)c1ccccc1n2-c1ccccc1-c1nc(-c2ccccc2-n2c3ccccc3c3cc(C(C)(C)C)ccc32)nc(-n2c3ccc(-c4ccccc4)cc3c3cc(-c4ccccc4)ccc32)n1. The van der Waals surface area contributed by atoms with Crippen LogP contribution in [-0.2, 0) is 10.8 Å². The first-order valence-electron chi connectivity index (χ1n) is 26.7. The number of hydrogen-bond acceptors (Lipinski definition) is 3. The van der Waals surface area contributed by atoms with Gasteiger partial charge in [-0.1, -0.05) is 187 Å². The van der Waals surface area contributed by atoms with Crippen LogP contribution in [-0.4, -0.2) is 28.7 Å². The lowest BCUT2D eigenvalue weighted by Gasteiger charge is -2.20. The molecule has 0 saturated heterocycles. The highest BCUT2D eigenvalue weighted by molar-refractivity contribution is 6.13. The maximum atomic E-state index is 5.66. The molecule has 4 aromatic heterocycles. The summed E-state index contributed by atoms with van der Waals surface area (Å²) in [6.07, 6.45) is 0. The van der Waals surface area contributed by atoms with Gasteiger partial charge in [0.1, 0.15) is 0 Å². The average molecular weight is 993 g/mol. The van der Waals surface area contributed by atoms with E-state index in [9.17, 15) is 0 Å². The van der Waals surface area contributed by atoms with Gasteiger partial charge in [-0.3, -0.25) is 4.57 Å². The Hall–Kier alpha value is -9.39. The van der Waals surface area contributed by atoms with Crippen LogP contribution in [0.5, 0.6) is 0 Å². The van der Waals surface area contributed by atoms with Gasteiger partial charge in [-0.05, 0) is 129 Å². The molecule has 6 heteroatoms. The molecule has 10 aromatic carbocycles. The van der Waals surface area contributed by atoms with Crippen molar-refractivity contribution in [3.8, 4) is 62.4 Å². The normalized spacial score (nSPS) is 12.3. The second-order valence-electron chi connectivity index (χ2n) is 22.5. The zero-order valence-corrected chi connectivity index (χ0v) is 44.1. The summed E-state index contributed by atoms with van der Waals surface area (Å²) in [5.41, 5.74) is 17.4. The van der Waals surface area contributed by atoms with Crippen LogP contribution < -0.4 is 0 Å². The molecule has 0 saturated carbocycles. The van der Waals surface area contributed by atoms with Crippen molar-refractivity contribution in [3.05, 3.63) is 242 Å². The van der Waals surface area contributed by atoms with Crippen LogP contribution in [0.1, 0.15) is 52.7 Å². The lowest BCUT2D eigenvalue weighted by Crippen LogP contribution is -2.10. The number of fused-ring (bicyclic) bond motifs is 9. The lowest BCUT2D eigenvalue weighted by molar-refractivity contribution is 0.591. The largest absolute Gasteiger partial charge is 0.309 e.